The third-order valence-corrected chi connectivity index (χ3v) is 1.97. The van der Waals surface area contributed by atoms with E-state index in [1.165, 1.54) is 0 Å². The highest BCUT2D eigenvalue weighted by atomic mass is 16.4. The van der Waals surface area contributed by atoms with Gasteiger partial charge in [-0.2, -0.15) is 5.26 Å². The zero-order valence-electron chi connectivity index (χ0n) is 6.59. The molecule has 12 heavy (non-hydrogen) atoms. The van der Waals surface area contributed by atoms with Crippen LogP contribution in [0.3, 0.4) is 0 Å². The molecule has 1 saturated heterocycles. The van der Waals surface area contributed by atoms with Gasteiger partial charge < -0.3 is 15.3 Å². The van der Waals surface area contributed by atoms with E-state index in [-0.39, 0.29) is 19.6 Å². The van der Waals surface area contributed by atoms with Crippen molar-refractivity contribution in [2.45, 2.75) is 18.3 Å². The van der Waals surface area contributed by atoms with Gasteiger partial charge in [-0.25, -0.2) is 0 Å². The summed E-state index contributed by atoms with van der Waals surface area (Å²) in [4.78, 5) is 1.60. The first-order chi connectivity index (χ1) is 5.65. The summed E-state index contributed by atoms with van der Waals surface area (Å²) < 4.78 is 0. The number of piperidine rings is 1. The van der Waals surface area contributed by atoms with E-state index in [0.717, 1.165) is 0 Å². The summed E-state index contributed by atoms with van der Waals surface area (Å²) in [5, 5.41) is 35.8. The summed E-state index contributed by atoms with van der Waals surface area (Å²) in [6.07, 6.45) is -3.00. The molecule has 0 saturated carbocycles. The number of hydrogen-bond acceptors (Lipinski definition) is 5. The molecule has 68 valence electrons. The van der Waals surface area contributed by atoms with E-state index in [0.29, 0.717) is 0 Å². The van der Waals surface area contributed by atoms with Crippen LogP contribution in [0.4, 0.5) is 0 Å². The maximum Gasteiger partial charge on any atom is 0.108 e. The van der Waals surface area contributed by atoms with Gasteiger partial charge in [-0.3, -0.25) is 4.90 Å². The third kappa shape index (κ3) is 1.93. The number of likely N-dealkylation sites (tertiary alicyclic amines) is 1. The third-order valence-electron chi connectivity index (χ3n) is 1.97. The number of rotatable bonds is 1. The normalized spacial score (nSPS) is 37.7. The summed E-state index contributed by atoms with van der Waals surface area (Å²) in [5.74, 6) is 0. The van der Waals surface area contributed by atoms with Crippen LogP contribution in [0.5, 0.6) is 0 Å². The number of aliphatic hydroxyl groups is 3. The lowest BCUT2D eigenvalue weighted by Crippen LogP contribution is -2.55. The molecule has 0 aliphatic carbocycles. The minimum absolute atomic E-state index is 0.167. The molecular weight excluding hydrogens is 160 g/mol. The summed E-state index contributed by atoms with van der Waals surface area (Å²) in [6, 6.07) is 1.92. The Morgan fingerprint density at radius 2 is 1.75 bits per heavy atom. The topological polar surface area (TPSA) is 87.7 Å². The molecule has 5 nitrogen and oxygen atoms in total. The van der Waals surface area contributed by atoms with Gasteiger partial charge >= 0.3 is 0 Å². The Labute approximate surface area is 70.5 Å². The van der Waals surface area contributed by atoms with Crippen LogP contribution < -0.4 is 0 Å². The van der Waals surface area contributed by atoms with Crippen LogP contribution in [0.1, 0.15) is 0 Å². The average molecular weight is 172 g/mol. The maximum atomic E-state index is 9.18. The first kappa shape index (κ1) is 9.42. The Morgan fingerprint density at radius 1 is 1.25 bits per heavy atom. The molecule has 5 heteroatoms. The molecular formula is C7H12N2O3. The largest absolute Gasteiger partial charge is 0.389 e. The van der Waals surface area contributed by atoms with Gasteiger partial charge in [-0.1, -0.05) is 0 Å². The van der Waals surface area contributed by atoms with Crippen molar-refractivity contribution in [3.8, 4) is 6.07 Å². The summed E-state index contributed by atoms with van der Waals surface area (Å²) >= 11 is 0. The first-order valence-electron chi connectivity index (χ1n) is 3.78. The van der Waals surface area contributed by atoms with Crippen LogP contribution in [0, 0.1) is 11.3 Å². The van der Waals surface area contributed by atoms with Crippen molar-refractivity contribution in [2.75, 3.05) is 19.6 Å². The smallest absolute Gasteiger partial charge is 0.108 e. The molecule has 3 atom stereocenters. The molecule has 0 aromatic heterocycles. The molecule has 1 aliphatic rings. The van der Waals surface area contributed by atoms with E-state index < -0.39 is 18.3 Å². The molecule has 0 radical (unpaired) electrons. The van der Waals surface area contributed by atoms with Gasteiger partial charge in [0.2, 0.25) is 0 Å². The monoisotopic (exact) mass is 172 g/mol. The van der Waals surface area contributed by atoms with E-state index in [9.17, 15) is 10.2 Å². The lowest BCUT2D eigenvalue weighted by molar-refractivity contribution is -0.107. The van der Waals surface area contributed by atoms with Crippen molar-refractivity contribution in [1.29, 1.82) is 5.26 Å². The molecule has 1 fully saturated rings. The highest BCUT2D eigenvalue weighted by Gasteiger charge is 2.32. The van der Waals surface area contributed by atoms with Gasteiger partial charge in [0, 0.05) is 13.1 Å². The quantitative estimate of drug-likeness (QED) is 0.395. The van der Waals surface area contributed by atoms with Crippen LogP contribution in [0.25, 0.3) is 0 Å². The second-order valence-corrected chi connectivity index (χ2v) is 2.98. The number of hydrogen-bond donors (Lipinski definition) is 3. The zero-order valence-corrected chi connectivity index (χ0v) is 6.59. The van der Waals surface area contributed by atoms with Crippen molar-refractivity contribution < 1.29 is 15.3 Å². The van der Waals surface area contributed by atoms with Crippen LogP contribution in [-0.2, 0) is 0 Å². The molecule has 1 heterocycles. The number of nitrogens with zero attached hydrogens (tertiary/aromatic N) is 2. The van der Waals surface area contributed by atoms with E-state index in [2.05, 4.69) is 0 Å². The fraction of sp³-hybridized carbons (Fsp3) is 0.857. The molecule has 0 bridgehead atoms. The Hall–Kier alpha value is -0.670. The van der Waals surface area contributed by atoms with E-state index in [1.54, 1.807) is 4.90 Å². The SMILES string of the molecule is N#CCN1C[C@@H](O)C(O)[C@@H](O)C1. The molecule has 0 aromatic rings. The van der Waals surface area contributed by atoms with Crippen molar-refractivity contribution in [3.05, 3.63) is 0 Å². The van der Waals surface area contributed by atoms with Gasteiger partial charge in [-0.15, -0.1) is 0 Å². The lowest BCUT2D eigenvalue weighted by Gasteiger charge is -2.35. The summed E-state index contributed by atoms with van der Waals surface area (Å²) in [7, 11) is 0. The van der Waals surface area contributed by atoms with Crippen molar-refractivity contribution in [2.24, 2.45) is 0 Å². The van der Waals surface area contributed by atoms with Gasteiger partial charge in [0.25, 0.3) is 0 Å². The molecule has 0 aromatic carbocycles. The van der Waals surface area contributed by atoms with Crippen molar-refractivity contribution >= 4 is 0 Å². The first-order valence-corrected chi connectivity index (χ1v) is 3.78. The highest BCUT2D eigenvalue weighted by molar-refractivity contribution is 4.89. The lowest BCUT2D eigenvalue weighted by atomic mass is 10.0. The summed E-state index contributed by atoms with van der Waals surface area (Å²) in [6.45, 7) is 0.651. The van der Waals surface area contributed by atoms with Gasteiger partial charge in [-0.05, 0) is 0 Å². The number of β-amino-alcohol motifs (C(OH)–C–C–N with tert-alkyl or cyclic N) is 2. The molecule has 0 spiro atoms. The average Bonchev–Trinajstić information content (AvgIpc) is 2.01. The number of nitriles is 1. The fourth-order valence-electron chi connectivity index (χ4n) is 1.31. The molecule has 3 N–H and O–H groups in total. The van der Waals surface area contributed by atoms with Crippen molar-refractivity contribution in [1.82, 2.24) is 4.90 Å². The summed E-state index contributed by atoms with van der Waals surface area (Å²) in [5.41, 5.74) is 0. The zero-order chi connectivity index (χ0) is 9.14. The number of aliphatic hydroxyl groups excluding tert-OH is 3. The maximum absolute atomic E-state index is 9.18. The van der Waals surface area contributed by atoms with Crippen LogP contribution in [-0.4, -0.2) is 58.2 Å². The van der Waals surface area contributed by atoms with E-state index in [4.69, 9.17) is 10.4 Å². The minimum atomic E-state index is -1.08. The van der Waals surface area contributed by atoms with Crippen LogP contribution in [0.15, 0.2) is 0 Å². The Balaban J connectivity index is 2.49. The molecule has 1 aliphatic heterocycles. The van der Waals surface area contributed by atoms with Gasteiger partial charge in [0.15, 0.2) is 0 Å². The van der Waals surface area contributed by atoms with Crippen molar-refractivity contribution in [3.63, 3.8) is 0 Å². The van der Waals surface area contributed by atoms with Crippen LogP contribution in [0.2, 0.25) is 0 Å². The minimum Gasteiger partial charge on any atom is -0.389 e. The van der Waals surface area contributed by atoms with Crippen LogP contribution >= 0.6 is 0 Å². The van der Waals surface area contributed by atoms with E-state index in [1.807, 2.05) is 6.07 Å². The Morgan fingerprint density at radius 3 is 2.17 bits per heavy atom. The molecule has 0 amide bonds. The molecule has 1 unspecified atom stereocenters. The standard InChI is InChI=1S/C7H12N2O3/c8-1-2-9-3-5(10)7(12)6(11)4-9/h5-7,10-12H,2-4H2/t5-,6+,7?. The molecule has 1 rings (SSSR count). The fourth-order valence-corrected chi connectivity index (χ4v) is 1.31. The van der Waals surface area contributed by atoms with Gasteiger partial charge in [0.1, 0.15) is 6.10 Å². The predicted molar refractivity (Wildman–Crippen MR) is 40.1 cm³/mol. The Kier molecular flexibility index (Phi) is 3.00. The highest BCUT2D eigenvalue weighted by Crippen LogP contribution is 2.10. The van der Waals surface area contributed by atoms with Gasteiger partial charge in [0.05, 0.1) is 24.8 Å². The predicted octanol–water partition coefficient (Wildman–Crippen LogP) is -2.09. The van der Waals surface area contributed by atoms with E-state index >= 15 is 0 Å². The Bertz CT molecular complexity index is 180. The second-order valence-electron chi connectivity index (χ2n) is 2.98. The second kappa shape index (κ2) is 3.83.